The predicted octanol–water partition coefficient (Wildman–Crippen LogP) is 0.0163. The van der Waals surface area contributed by atoms with E-state index in [4.69, 9.17) is 5.73 Å². The number of hydrogen-bond donors (Lipinski definition) is 3. The van der Waals surface area contributed by atoms with Gasteiger partial charge in [0.25, 0.3) is 0 Å². The molecular formula is C11H20N2O3S. The second kappa shape index (κ2) is 6.86. The summed E-state index contributed by atoms with van der Waals surface area (Å²) in [7, 11) is 0. The second-order valence-corrected chi connectivity index (χ2v) is 5.57. The first kappa shape index (κ1) is 14.3. The monoisotopic (exact) mass is 260 g/mol. The van der Waals surface area contributed by atoms with Crippen LogP contribution >= 0.6 is 11.8 Å². The van der Waals surface area contributed by atoms with Crippen molar-refractivity contribution in [2.75, 3.05) is 18.1 Å². The summed E-state index contributed by atoms with van der Waals surface area (Å²) in [6, 6.07) is 0. The molecule has 0 unspecified atom stereocenters. The number of nitrogens with one attached hydrogen (secondary N) is 1. The molecule has 0 aliphatic heterocycles. The summed E-state index contributed by atoms with van der Waals surface area (Å²) in [4.78, 5) is 22.1. The van der Waals surface area contributed by atoms with Crippen LogP contribution in [-0.2, 0) is 9.59 Å². The van der Waals surface area contributed by atoms with Crippen LogP contribution in [0.3, 0.4) is 0 Å². The van der Waals surface area contributed by atoms with E-state index in [1.807, 2.05) is 0 Å². The number of aliphatic hydroxyl groups excluding tert-OH is 1. The maximum Gasteiger partial charge on any atom is 0.227 e. The summed E-state index contributed by atoms with van der Waals surface area (Å²) in [5.74, 6) is 0.408. The minimum Gasteiger partial charge on any atom is -0.394 e. The number of thioether (sulfide) groups is 1. The van der Waals surface area contributed by atoms with E-state index in [-0.39, 0.29) is 24.2 Å². The lowest BCUT2D eigenvalue weighted by Gasteiger charge is -2.27. The number of rotatable bonds is 7. The van der Waals surface area contributed by atoms with Crippen LogP contribution < -0.4 is 11.1 Å². The molecule has 0 aromatic carbocycles. The number of hydrogen-bond acceptors (Lipinski definition) is 4. The number of carbonyl (C=O) groups is 2. The molecule has 1 aliphatic carbocycles. The number of aliphatic hydroxyl groups is 1. The van der Waals surface area contributed by atoms with Gasteiger partial charge in [0.15, 0.2) is 0 Å². The highest BCUT2D eigenvalue weighted by atomic mass is 32.2. The van der Waals surface area contributed by atoms with Crippen molar-refractivity contribution in [1.29, 1.82) is 0 Å². The normalized spacial score (nSPS) is 17.9. The van der Waals surface area contributed by atoms with Gasteiger partial charge in [-0.2, -0.15) is 11.8 Å². The van der Waals surface area contributed by atoms with Crippen LogP contribution in [0.1, 0.15) is 32.1 Å². The van der Waals surface area contributed by atoms with Crippen molar-refractivity contribution < 1.29 is 14.7 Å². The van der Waals surface area contributed by atoms with Crippen molar-refractivity contribution in [2.24, 2.45) is 5.73 Å². The van der Waals surface area contributed by atoms with E-state index in [1.165, 1.54) is 11.8 Å². The van der Waals surface area contributed by atoms with Gasteiger partial charge >= 0.3 is 0 Å². The third-order valence-electron chi connectivity index (χ3n) is 2.99. The fourth-order valence-electron chi connectivity index (χ4n) is 2.07. The van der Waals surface area contributed by atoms with Gasteiger partial charge in [0, 0.05) is 12.2 Å². The Hall–Kier alpha value is -0.750. The van der Waals surface area contributed by atoms with Crippen LogP contribution in [0.15, 0.2) is 0 Å². The molecule has 1 saturated carbocycles. The minimum absolute atomic E-state index is 0.00711. The molecular weight excluding hydrogens is 240 g/mol. The highest BCUT2D eigenvalue weighted by Gasteiger charge is 2.34. The molecule has 0 spiro atoms. The van der Waals surface area contributed by atoms with Gasteiger partial charge in [0.1, 0.15) is 0 Å². The molecule has 2 amide bonds. The van der Waals surface area contributed by atoms with Crippen molar-refractivity contribution in [3.63, 3.8) is 0 Å². The van der Waals surface area contributed by atoms with Crippen molar-refractivity contribution in [1.82, 2.24) is 5.32 Å². The molecule has 0 radical (unpaired) electrons. The first-order chi connectivity index (χ1) is 8.08. The van der Waals surface area contributed by atoms with Crippen molar-refractivity contribution in [2.45, 2.75) is 37.6 Å². The predicted molar refractivity (Wildman–Crippen MR) is 67.6 cm³/mol. The molecule has 1 fully saturated rings. The summed E-state index contributed by atoms with van der Waals surface area (Å²) >= 11 is 1.36. The first-order valence-electron chi connectivity index (χ1n) is 5.86. The third-order valence-corrected chi connectivity index (χ3v) is 3.97. The van der Waals surface area contributed by atoms with Crippen LogP contribution in [0.25, 0.3) is 0 Å². The molecule has 17 heavy (non-hydrogen) atoms. The first-order valence-corrected chi connectivity index (χ1v) is 7.01. The Labute approximate surface area is 106 Å². The highest BCUT2D eigenvalue weighted by molar-refractivity contribution is 7.99. The van der Waals surface area contributed by atoms with Crippen molar-refractivity contribution in [3.05, 3.63) is 0 Å². The van der Waals surface area contributed by atoms with Crippen LogP contribution in [-0.4, -0.2) is 40.6 Å². The van der Waals surface area contributed by atoms with Gasteiger partial charge in [-0.1, -0.05) is 12.8 Å². The lowest BCUT2D eigenvalue weighted by molar-refractivity contribution is -0.123. The van der Waals surface area contributed by atoms with Crippen LogP contribution in [0.2, 0.25) is 0 Å². The Morgan fingerprint density at radius 2 is 2.00 bits per heavy atom. The third kappa shape index (κ3) is 4.95. The molecule has 6 heteroatoms. The Balaban J connectivity index is 2.21. The minimum atomic E-state index is -0.397. The summed E-state index contributed by atoms with van der Waals surface area (Å²) in [6.07, 6.45) is 4.17. The maximum absolute atomic E-state index is 11.7. The summed E-state index contributed by atoms with van der Waals surface area (Å²) in [6.45, 7) is 0.00711. The molecule has 0 atom stereocenters. The molecule has 98 valence electrons. The van der Waals surface area contributed by atoms with Gasteiger partial charge in [-0.05, 0) is 12.8 Å². The Kier molecular flexibility index (Phi) is 5.77. The Morgan fingerprint density at radius 1 is 1.35 bits per heavy atom. The van der Waals surface area contributed by atoms with E-state index in [2.05, 4.69) is 5.32 Å². The van der Waals surface area contributed by atoms with Crippen molar-refractivity contribution >= 4 is 23.6 Å². The molecule has 5 nitrogen and oxygen atoms in total. The standard InChI is InChI=1S/C11H20N2O3S/c12-9(15)7-17-6-3-10(16)13-11(8-14)4-1-2-5-11/h14H,1-8H2,(H2,12,15)(H,13,16). The number of carbonyl (C=O) groups excluding carboxylic acids is 2. The summed E-state index contributed by atoms with van der Waals surface area (Å²) in [5, 5.41) is 12.2. The lowest BCUT2D eigenvalue weighted by atomic mass is 9.99. The molecule has 0 aromatic heterocycles. The highest BCUT2D eigenvalue weighted by Crippen LogP contribution is 2.29. The van der Waals surface area contributed by atoms with E-state index in [0.717, 1.165) is 25.7 Å². The SMILES string of the molecule is NC(=O)CSCCC(=O)NC1(CO)CCCC1. The van der Waals surface area contributed by atoms with Crippen LogP contribution in [0.4, 0.5) is 0 Å². The molecule has 0 saturated heterocycles. The average molecular weight is 260 g/mol. The van der Waals surface area contributed by atoms with E-state index in [1.54, 1.807) is 0 Å². The van der Waals surface area contributed by atoms with Crippen LogP contribution in [0.5, 0.6) is 0 Å². The second-order valence-electron chi connectivity index (χ2n) is 4.46. The maximum atomic E-state index is 11.7. The zero-order chi connectivity index (χ0) is 12.7. The Morgan fingerprint density at radius 3 is 2.53 bits per heavy atom. The van der Waals surface area contributed by atoms with Crippen molar-refractivity contribution in [3.8, 4) is 0 Å². The molecule has 0 heterocycles. The van der Waals surface area contributed by atoms with Gasteiger partial charge in [-0.25, -0.2) is 0 Å². The number of nitrogens with two attached hydrogens (primary N) is 1. The van der Waals surface area contributed by atoms with Gasteiger partial charge in [-0.15, -0.1) is 0 Å². The fraction of sp³-hybridized carbons (Fsp3) is 0.818. The van der Waals surface area contributed by atoms with E-state index >= 15 is 0 Å². The van der Waals surface area contributed by atoms with Gasteiger partial charge in [0.2, 0.25) is 11.8 Å². The van der Waals surface area contributed by atoms with E-state index in [9.17, 15) is 14.7 Å². The summed E-state index contributed by atoms with van der Waals surface area (Å²) < 4.78 is 0. The molecule has 4 N–H and O–H groups in total. The lowest BCUT2D eigenvalue weighted by Crippen LogP contribution is -2.49. The zero-order valence-corrected chi connectivity index (χ0v) is 10.7. The molecule has 1 rings (SSSR count). The Bertz CT molecular complexity index is 278. The number of primary amides is 1. The molecule has 0 aromatic rings. The fourth-order valence-corrected chi connectivity index (χ4v) is 2.75. The topological polar surface area (TPSA) is 92.4 Å². The average Bonchev–Trinajstić information content (AvgIpc) is 2.73. The summed E-state index contributed by atoms with van der Waals surface area (Å²) in [5.41, 5.74) is 4.59. The van der Waals surface area contributed by atoms with E-state index < -0.39 is 5.54 Å². The van der Waals surface area contributed by atoms with Gasteiger partial charge in [-0.3, -0.25) is 9.59 Å². The molecule has 1 aliphatic rings. The van der Waals surface area contributed by atoms with Gasteiger partial charge in [0.05, 0.1) is 17.9 Å². The zero-order valence-electron chi connectivity index (χ0n) is 9.91. The quantitative estimate of drug-likeness (QED) is 0.562. The van der Waals surface area contributed by atoms with E-state index in [0.29, 0.717) is 12.2 Å². The number of amides is 2. The largest absolute Gasteiger partial charge is 0.394 e. The smallest absolute Gasteiger partial charge is 0.227 e. The van der Waals surface area contributed by atoms with Crippen LogP contribution in [0, 0.1) is 0 Å². The van der Waals surface area contributed by atoms with Gasteiger partial charge < -0.3 is 16.2 Å². The molecule has 0 bridgehead atoms.